The van der Waals surface area contributed by atoms with Gasteiger partial charge in [-0.15, -0.1) is 0 Å². The predicted molar refractivity (Wildman–Crippen MR) is 31.5 cm³/mol. The van der Waals surface area contributed by atoms with E-state index in [1.807, 2.05) is 13.3 Å². The van der Waals surface area contributed by atoms with Gasteiger partial charge >= 0.3 is 5.97 Å². The maximum Gasteiger partial charge on any atom is 0.303 e. The van der Waals surface area contributed by atoms with Gasteiger partial charge in [-0.05, 0) is 19.3 Å². The van der Waals surface area contributed by atoms with Crippen LogP contribution in [0.3, 0.4) is 0 Å². The fourth-order valence-electron chi connectivity index (χ4n) is 0.457. The predicted octanol–water partition coefficient (Wildman–Crippen LogP) is 1.47. The highest BCUT2D eigenvalue weighted by Crippen LogP contribution is 1.96. The van der Waals surface area contributed by atoms with E-state index in [1.54, 1.807) is 0 Å². The highest BCUT2D eigenvalue weighted by Gasteiger charge is 1.92. The van der Waals surface area contributed by atoms with E-state index < -0.39 is 5.97 Å². The van der Waals surface area contributed by atoms with Crippen molar-refractivity contribution < 1.29 is 9.90 Å². The largest absolute Gasteiger partial charge is 0.481 e. The first-order valence-electron chi connectivity index (χ1n) is 2.77. The van der Waals surface area contributed by atoms with Gasteiger partial charge in [0.1, 0.15) is 0 Å². The van der Waals surface area contributed by atoms with Crippen LogP contribution in [0, 0.1) is 6.42 Å². The molecule has 0 saturated heterocycles. The molecule has 0 atom stereocenters. The topological polar surface area (TPSA) is 37.3 Å². The Morgan fingerprint density at radius 2 is 2.38 bits per heavy atom. The fraction of sp³-hybridized carbons (Fsp3) is 0.667. The summed E-state index contributed by atoms with van der Waals surface area (Å²) in [6.07, 6.45) is 3.95. The summed E-state index contributed by atoms with van der Waals surface area (Å²) in [6.45, 7) is 1.93. The quantitative estimate of drug-likeness (QED) is 0.563. The Morgan fingerprint density at radius 3 is 2.75 bits per heavy atom. The molecule has 0 rings (SSSR count). The van der Waals surface area contributed by atoms with Crippen LogP contribution in [-0.4, -0.2) is 11.1 Å². The van der Waals surface area contributed by atoms with Crippen molar-refractivity contribution in [3.63, 3.8) is 0 Å². The van der Waals surface area contributed by atoms with Gasteiger partial charge in [0.25, 0.3) is 0 Å². The second kappa shape index (κ2) is 4.62. The molecule has 2 heteroatoms. The van der Waals surface area contributed by atoms with Crippen LogP contribution in [0.2, 0.25) is 0 Å². The van der Waals surface area contributed by atoms with Crippen molar-refractivity contribution in [3.8, 4) is 0 Å². The first-order valence-corrected chi connectivity index (χ1v) is 2.77. The molecule has 0 unspecified atom stereocenters. The Bertz CT molecular complexity index is 68.9. The van der Waals surface area contributed by atoms with Crippen LogP contribution in [0.5, 0.6) is 0 Å². The lowest BCUT2D eigenvalue weighted by Gasteiger charge is -1.89. The lowest BCUT2D eigenvalue weighted by Crippen LogP contribution is -1.92. The molecule has 1 radical (unpaired) electrons. The monoisotopic (exact) mass is 115 g/mol. The Hall–Kier alpha value is -0.530. The van der Waals surface area contributed by atoms with Gasteiger partial charge < -0.3 is 5.11 Å². The minimum Gasteiger partial charge on any atom is -0.481 e. The summed E-state index contributed by atoms with van der Waals surface area (Å²) in [5.41, 5.74) is 0. The highest BCUT2D eigenvalue weighted by atomic mass is 16.4. The molecule has 0 heterocycles. The van der Waals surface area contributed by atoms with Crippen LogP contribution in [-0.2, 0) is 4.79 Å². The Labute approximate surface area is 49.5 Å². The molecule has 0 bridgehead atoms. The average molecular weight is 115 g/mol. The second-order valence-electron chi connectivity index (χ2n) is 1.69. The normalized spacial score (nSPS) is 9.12. The van der Waals surface area contributed by atoms with E-state index >= 15 is 0 Å². The molecule has 0 aromatic heterocycles. The molecule has 0 aliphatic rings. The van der Waals surface area contributed by atoms with Gasteiger partial charge in [0.15, 0.2) is 0 Å². The number of carbonyl (C=O) groups is 1. The smallest absolute Gasteiger partial charge is 0.303 e. The van der Waals surface area contributed by atoms with Crippen molar-refractivity contribution in [2.24, 2.45) is 0 Å². The van der Waals surface area contributed by atoms with Gasteiger partial charge in [-0.3, -0.25) is 4.79 Å². The van der Waals surface area contributed by atoms with E-state index in [2.05, 4.69) is 0 Å². The summed E-state index contributed by atoms with van der Waals surface area (Å²) in [4.78, 5) is 9.86. The highest BCUT2D eigenvalue weighted by molar-refractivity contribution is 5.66. The number of rotatable bonds is 4. The second-order valence-corrected chi connectivity index (χ2v) is 1.69. The zero-order valence-corrected chi connectivity index (χ0v) is 5.05. The van der Waals surface area contributed by atoms with Crippen molar-refractivity contribution >= 4 is 5.97 Å². The maximum absolute atomic E-state index is 9.86. The molecule has 2 nitrogen and oxygen atoms in total. The first-order chi connectivity index (χ1) is 3.77. The lowest BCUT2D eigenvalue weighted by atomic mass is 10.2. The van der Waals surface area contributed by atoms with Gasteiger partial charge in [0, 0.05) is 6.42 Å². The SMILES string of the molecule is C[CH]CCCC(=O)O. The van der Waals surface area contributed by atoms with Gasteiger partial charge in [0.2, 0.25) is 0 Å². The van der Waals surface area contributed by atoms with E-state index in [-0.39, 0.29) is 0 Å². The fourth-order valence-corrected chi connectivity index (χ4v) is 0.457. The van der Waals surface area contributed by atoms with Crippen molar-refractivity contribution in [2.45, 2.75) is 26.2 Å². The zero-order valence-electron chi connectivity index (χ0n) is 5.05. The number of hydrogen-bond donors (Lipinski definition) is 1. The molecular weight excluding hydrogens is 104 g/mol. The van der Waals surface area contributed by atoms with Gasteiger partial charge in [-0.1, -0.05) is 6.92 Å². The van der Waals surface area contributed by atoms with Crippen LogP contribution in [0.1, 0.15) is 26.2 Å². The number of carboxylic acids is 1. The lowest BCUT2D eigenvalue weighted by molar-refractivity contribution is -0.137. The Balaban J connectivity index is 2.82. The van der Waals surface area contributed by atoms with Crippen molar-refractivity contribution in [3.05, 3.63) is 6.42 Å². The Morgan fingerprint density at radius 1 is 1.75 bits per heavy atom. The molecule has 1 N–H and O–H groups in total. The van der Waals surface area contributed by atoms with E-state index in [4.69, 9.17) is 5.11 Å². The van der Waals surface area contributed by atoms with Crippen LogP contribution < -0.4 is 0 Å². The molecular formula is C6H11O2. The molecule has 0 saturated carbocycles. The van der Waals surface area contributed by atoms with Crippen molar-refractivity contribution in [2.75, 3.05) is 0 Å². The summed E-state index contributed by atoms with van der Waals surface area (Å²) in [7, 11) is 0. The van der Waals surface area contributed by atoms with Crippen molar-refractivity contribution in [1.29, 1.82) is 0 Å². The summed E-state index contributed by atoms with van der Waals surface area (Å²) in [5, 5.41) is 8.13. The molecule has 8 heavy (non-hydrogen) atoms. The van der Waals surface area contributed by atoms with Crippen LogP contribution in [0.15, 0.2) is 0 Å². The third-order valence-electron chi connectivity index (χ3n) is 0.883. The minimum absolute atomic E-state index is 0.296. The standard InChI is InChI=1S/C6H11O2/c1-2-3-4-5-6(7)8/h2H,3-5H2,1H3,(H,7,8). The number of unbranched alkanes of at least 4 members (excludes halogenated alkanes) is 2. The van der Waals surface area contributed by atoms with E-state index in [0.29, 0.717) is 6.42 Å². The van der Waals surface area contributed by atoms with E-state index in [9.17, 15) is 4.79 Å². The van der Waals surface area contributed by atoms with Crippen molar-refractivity contribution in [1.82, 2.24) is 0 Å². The third-order valence-corrected chi connectivity index (χ3v) is 0.883. The maximum atomic E-state index is 9.86. The van der Waals surface area contributed by atoms with E-state index in [0.717, 1.165) is 12.8 Å². The summed E-state index contributed by atoms with van der Waals surface area (Å²) in [6, 6.07) is 0. The number of hydrogen-bond acceptors (Lipinski definition) is 1. The zero-order chi connectivity index (χ0) is 6.41. The average Bonchev–Trinajstić information content (AvgIpc) is 1.66. The molecule has 0 aliphatic carbocycles. The summed E-state index contributed by atoms with van der Waals surface area (Å²) >= 11 is 0. The number of carboxylic acid groups (broad SMARTS) is 1. The first kappa shape index (κ1) is 7.47. The van der Waals surface area contributed by atoms with Crippen LogP contribution in [0.4, 0.5) is 0 Å². The van der Waals surface area contributed by atoms with Crippen LogP contribution in [0.25, 0.3) is 0 Å². The Kier molecular flexibility index (Phi) is 4.32. The molecule has 0 fully saturated rings. The van der Waals surface area contributed by atoms with Crippen LogP contribution >= 0.6 is 0 Å². The summed E-state index contributed by atoms with van der Waals surface area (Å²) in [5.74, 6) is -0.702. The molecule has 0 aliphatic heterocycles. The van der Waals surface area contributed by atoms with Gasteiger partial charge in [-0.25, -0.2) is 0 Å². The minimum atomic E-state index is -0.702. The molecule has 0 spiro atoms. The number of aliphatic carboxylic acids is 1. The van der Waals surface area contributed by atoms with Gasteiger partial charge in [-0.2, -0.15) is 0 Å². The van der Waals surface area contributed by atoms with E-state index in [1.165, 1.54) is 0 Å². The molecule has 0 amide bonds. The van der Waals surface area contributed by atoms with Gasteiger partial charge in [0.05, 0.1) is 0 Å². The molecule has 0 aromatic rings. The molecule has 0 aromatic carbocycles. The molecule has 47 valence electrons. The summed E-state index contributed by atoms with van der Waals surface area (Å²) < 4.78 is 0. The third kappa shape index (κ3) is 5.47.